The predicted octanol–water partition coefficient (Wildman–Crippen LogP) is 1.33. The van der Waals surface area contributed by atoms with Crippen LogP contribution < -0.4 is 0 Å². The molecule has 1 atom stereocenters. The Kier molecular flexibility index (Phi) is 4.31. The molecule has 1 saturated heterocycles. The van der Waals surface area contributed by atoms with Crippen molar-refractivity contribution < 1.29 is 9.26 Å². The molecule has 7 nitrogen and oxygen atoms in total. The van der Waals surface area contributed by atoms with E-state index in [9.17, 15) is 0 Å². The summed E-state index contributed by atoms with van der Waals surface area (Å²) in [6, 6.07) is 0.396. The van der Waals surface area contributed by atoms with E-state index in [-0.39, 0.29) is 0 Å². The van der Waals surface area contributed by atoms with Gasteiger partial charge in [0.2, 0.25) is 5.89 Å². The Morgan fingerprint density at radius 3 is 3.14 bits per heavy atom. The first-order valence-electron chi connectivity index (χ1n) is 7.29. The fourth-order valence-electron chi connectivity index (χ4n) is 2.83. The van der Waals surface area contributed by atoms with Gasteiger partial charge in [-0.1, -0.05) is 5.16 Å². The second kappa shape index (κ2) is 6.36. The lowest BCUT2D eigenvalue weighted by Gasteiger charge is -2.21. The van der Waals surface area contributed by atoms with Gasteiger partial charge in [0.25, 0.3) is 0 Å². The minimum Gasteiger partial charge on any atom is -0.384 e. The second-order valence-electron chi connectivity index (χ2n) is 5.42. The van der Waals surface area contributed by atoms with Gasteiger partial charge in [-0.25, -0.2) is 0 Å². The largest absolute Gasteiger partial charge is 0.384 e. The summed E-state index contributed by atoms with van der Waals surface area (Å²) in [6.45, 7) is 2.36. The van der Waals surface area contributed by atoms with Crippen molar-refractivity contribution in [2.75, 3.05) is 20.3 Å². The molecule has 3 rings (SSSR count). The highest BCUT2D eigenvalue weighted by Gasteiger charge is 2.28. The lowest BCUT2D eigenvalue weighted by Crippen LogP contribution is -2.22. The van der Waals surface area contributed by atoms with Crippen LogP contribution in [0.25, 0.3) is 0 Å². The molecule has 2 aromatic heterocycles. The molecule has 0 aliphatic carbocycles. The maximum atomic E-state index is 5.33. The molecule has 0 aromatic carbocycles. The van der Waals surface area contributed by atoms with Gasteiger partial charge in [-0.3, -0.25) is 9.58 Å². The van der Waals surface area contributed by atoms with E-state index in [1.165, 1.54) is 12.0 Å². The van der Waals surface area contributed by atoms with Crippen LogP contribution in [-0.4, -0.2) is 45.1 Å². The van der Waals surface area contributed by atoms with E-state index < -0.39 is 0 Å². The van der Waals surface area contributed by atoms with Gasteiger partial charge in [0, 0.05) is 38.4 Å². The Labute approximate surface area is 123 Å². The van der Waals surface area contributed by atoms with Crippen LogP contribution in [-0.2, 0) is 24.8 Å². The lowest BCUT2D eigenvalue weighted by atomic mass is 10.1. The van der Waals surface area contributed by atoms with Gasteiger partial charge < -0.3 is 9.26 Å². The first-order chi connectivity index (χ1) is 10.3. The smallest absolute Gasteiger partial charge is 0.240 e. The number of aromatic nitrogens is 4. The number of hydrogen-bond donors (Lipinski definition) is 0. The highest BCUT2D eigenvalue weighted by Crippen LogP contribution is 2.32. The average molecular weight is 291 g/mol. The minimum atomic E-state index is 0.396. The van der Waals surface area contributed by atoms with E-state index in [1.807, 2.05) is 17.9 Å². The van der Waals surface area contributed by atoms with E-state index in [2.05, 4.69) is 26.3 Å². The predicted molar refractivity (Wildman–Crippen MR) is 75.5 cm³/mol. The first-order valence-corrected chi connectivity index (χ1v) is 7.29. The molecule has 0 saturated carbocycles. The second-order valence-corrected chi connectivity index (χ2v) is 5.42. The summed E-state index contributed by atoms with van der Waals surface area (Å²) in [6.07, 6.45) is 7.05. The summed E-state index contributed by atoms with van der Waals surface area (Å²) in [4.78, 5) is 6.80. The molecule has 7 heteroatoms. The number of nitrogens with zero attached hydrogens (tertiary/aromatic N) is 5. The quantitative estimate of drug-likeness (QED) is 0.799. The van der Waals surface area contributed by atoms with Crippen molar-refractivity contribution in [2.24, 2.45) is 7.05 Å². The van der Waals surface area contributed by atoms with Gasteiger partial charge in [0.15, 0.2) is 5.82 Å². The van der Waals surface area contributed by atoms with Crippen LogP contribution in [0.4, 0.5) is 0 Å². The Balaban J connectivity index is 1.64. The van der Waals surface area contributed by atoms with E-state index in [4.69, 9.17) is 9.26 Å². The Morgan fingerprint density at radius 2 is 2.38 bits per heavy atom. The van der Waals surface area contributed by atoms with Gasteiger partial charge in [-0.15, -0.1) is 0 Å². The topological polar surface area (TPSA) is 69.2 Å². The van der Waals surface area contributed by atoms with Crippen LogP contribution >= 0.6 is 0 Å². The monoisotopic (exact) mass is 291 g/mol. The van der Waals surface area contributed by atoms with Crippen LogP contribution in [0.5, 0.6) is 0 Å². The standard InChI is InChI=1S/C14H21N5O2/c1-18-9-11(8-15-18)12-4-3-6-19(12)10-14-16-13(17-21-14)5-7-20-2/h8-9,12H,3-7,10H2,1-2H3. The molecular weight excluding hydrogens is 270 g/mol. The number of ether oxygens (including phenoxy) is 1. The molecule has 0 N–H and O–H groups in total. The van der Waals surface area contributed by atoms with Crippen molar-refractivity contribution in [3.05, 3.63) is 29.7 Å². The van der Waals surface area contributed by atoms with E-state index >= 15 is 0 Å². The van der Waals surface area contributed by atoms with E-state index in [0.29, 0.717) is 37.3 Å². The summed E-state index contributed by atoms with van der Waals surface area (Å²) in [5.74, 6) is 1.39. The molecule has 3 heterocycles. The molecule has 2 aromatic rings. The molecular formula is C14H21N5O2. The molecule has 1 aliphatic heterocycles. The number of rotatable bonds is 6. The fourth-order valence-corrected chi connectivity index (χ4v) is 2.83. The zero-order valence-corrected chi connectivity index (χ0v) is 12.5. The summed E-state index contributed by atoms with van der Waals surface area (Å²) < 4.78 is 12.2. The normalized spacial score (nSPS) is 19.4. The maximum Gasteiger partial charge on any atom is 0.240 e. The van der Waals surface area contributed by atoms with Gasteiger partial charge in [-0.2, -0.15) is 10.1 Å². The molecule has 114 valence electrons. The summed E-state index contributed by atoms with van der Waals surface area (Å²) in [7, 11) is 3.62. The van der Waals surface area contributed by atoms with Gasteiger partial charge in [-0.05, 0) is 19.4 Å². The van der Waals surface area contributed by atoms with Crippen LogP contribution in [0.2, 0.25) is 0 Å². The number of methoxy groups -OCH3 is 1. The summed E-state index contributed by atoms with van der Waals surface area (Å²) in [5, 5.41) is 8.25. The van der Waals surface area contributed by atoms with Crippen LogP contribution in [0.15, 0.2) is 16.9 Å². The van der Waals surface area contributed by atoms with Crippen molar-refractivity contribution >= 4 is 0 Å². The number of aryl methyl sites for hydroxylation is 1. The highest BCUT2D eigenvalue weighted by atomic mass is 16.5. The number of likely N-dealkylation sites (tertiary alicyclic amines) is 1. The van der Waals surface area contributed by atoms with Crippen LogP contribution in [0, 0.1) is 0 Å². The molecule has 1 fully saturated rings. The van der Waals surface area contributed by atoms with E-state index in [1.54, 1.807) is 7.11 Å². The third kappa shape index (κ3) is 3.30. The van der Waals surface area contributed by atoms with Crippen molar-refractivity contribution in [3.8, 4) is 0 Å². The molecule has 1 unspecified atom stereocenters. The SMILES string of the molecule is COCCc1noc(CN2CCCC2c2cnn(C)c2)n1. The first kappa shape index (κ1) is 14.2. The highest BCUT2D eigenvalue weighted by molar-refractivity contribution is 5.12. The molecule has 1 aliphatic rings. The molecule has 0 spiro atoms. The zero-order valence-electron chi connectivity index (χ0n) is 12.5. The van der Waals surface area contributed by atoms with Crippen LogP contribution in [0.3, 0.4) is 0 Å². The summed E-state index contributed by atoms with van der Waals surface area (Å²) in [5.41, 5.74) is 1.26. The number of hydrogen-bond acceptors (Lipinski definition) is 6. The van der Waals surface area contributed by atoms with Gasteiger partial charge in [0.1, 0.15) is 0 Å². The van der Waals surface area contributed by atoms with Crippen molar-refractivity contribution in [1.29, 1.82) is 0 Å². The lowest BCUT2D eigenvalue weighted by molar-refractivity contribution is 0.199. The van der Waals surface area contributed by atoms with Crippen molar-refractivity contribution in [3.63, 3.8) is 0 Å². The average Bonchev–Trinajstić information content (AvgIpc) is 3.18. The van der Waals surface area contributed by atoms with Crippen molar-refractivity contribution in [2.45, 2.75) is 31.8 Å². The molecule has 0 bridgehead atoms. The Bertz CT molecular complexity index is 579. The van der Waals surface area contributed by atoms with Gasteiger partial charge in [0.05, 0.1) is 19.3 Å². The summed E-state index contributed by atoms with van der Waals surface area (Å²) >= 11 is 0. The Hall–Kier alpha value is -1.73. The fraction of sp³-hybridized carbons (Fsp3) is 0.643. The zero-order chi connectivity index (χ0) is 14.7. The third-order valence-electron chi connectivity index (χ3n) is 3.85. The van der Waals surface area contributed by atoms with Crippen molar-refractivity contribution in [1.82, 2.24) is 24.8 Å². The molecule has 0 amide bonds. The molecule has 0 radical (unpaired) electrons. The van der Waals surface area contributed by atoms with E-state index in [0.717, 1.165) is 13.0 Å². The third-order valence-corrected chi connectivity index (χ3v) is 3.85. The minimum absolute atomic E-state index is 0.396. The Morgan fingerprint density at radius 1 is 1.48 bits per heavy atom. The van der Waals surface area contributed by atoms with Crippen LogP contribution in [0.1, 0.15) is 36.2 Å². The maximum absolute atomic E-state index is 5.33. The molecule has 21 heavy (non-hydrogen) atoms. The van der Waals surface area contributed by atoms with Gasteiger partial charge >= 0.3 is 0 Å².